The summed E-state index contributed by atoms with van der Waals surface area (Å²) in [7, 11) is 1.71. The van der Waals surface area contributed by atoms with Gasteiger partial charge in [0.05, 0.1) is 19.2 Å². The molecule has 0 N–H and O–H groups in total. The number of hydrogen-bond acceptors (Lipinski definition) is 5. The van der Waals surface area contributed by atoms with E-state index in [4.69, 9.17) is 8.92 Å². The zero-order chi connectivity index (χ0) is 23.5. The minimum Gasteiger partial charge on any atom is -0.497 e. The van der Waals surface area contributed by atoms with Crippen LogP contribution in [0.3, 0.4) is 0 Å². The number of hydrogen-bond donors (Lipinski definition) is 0. The van der Waals surface area contributed by atoms with Crippen molar-refractivity contribution < 1.29 is 8.92 Å². The molecule has 3 aromatic carbocycles. The lowest BCUT2D eigenvalue weighted by Gasteiger charge is -2.36. The van der Waals surface area contributed by atoms with E-state index in [9.17, 15) is 0 Å². The number of methoxy groups -OCH3 is 1. The maximum Gasteiger partial charge on any atom is 0.138 e. The van der Waals surface area contributed by atoms with E-state index in [1.807, 2.05) is 26.0 Å². The number of ether oxygens (including phenoxy) is 1. The normalized spacial score (nSPS) is 13.8. The molecule has 4 rings (SSSR count). The van der Waals surface area contributed by atoms with Gasteiger partial charge in [-0.05, 0) is 67.4 Å². The van der Waals surface area contributed by atoms with Crippen LogP contribution < -0.4 is 13.8 Å². The summed E-state index contributed by atoms with van der Waals surface area (Å²) < 4.78 is 11.1. The van der Waals surface area contributed by atoms with Crippen LogP contribution in [0.25, 0.3) is 0 Å². The van der Waals surface area contributed by atoms with Gasteiger partial charge in [0.15, 0.2) is 0 Å². The number of anilines is 1. The van der Waals surface area contributed by atoms with Gasteiger partial charge in [-0.3, -0.25) is 4.90 Å². The molecule has 1 heterocycles. The Morgan fingerprint density at radius 1 is 0.758 bits per heavy atom. The molecule has 0 spiro atoms. The average molecular weight is 465 g/mol. The number of rotatable bonds is 8. The smallest absolute Gasteiger partial charge is 0.138 e. The fourth-order valence-corrected chi connectivity index (χ4v) is 4.26. The summed E-state index contributed by atoms with van der Waals surface area (Å²) in [5, 5.41) is 0. The molecule has 0 unspecified atom stereocenters. The van der Waals surface area contributed by atoms with Gasteiger partial charge in [-0.1, -0.05) is 43.7 Å². The van der Waals surface area contributed by atoms with Crippen LogP contribution in [-0.2, 0) is 6.42 Å². The molecule has 0 saturated carbocycles. The highest BCUT2D eigenvalue weighted by atomic mass is 32.2. The molecule has 1 fully saturated rings. The number of benzene rings is 3. The maximum absolute atomic E-state index is 5.86. The van der Waals surface area contributed by atoms with Crippen LogP contribution in [0.4, 0.5) is 5.69 Å². The minimum atomic E-state index is 0.882. The van der Waals surface area contributed by atoms with Gasteiger partial charge in [-0.15, -0.1) is 0 Å². The van der Waals surface area contributed by atoms with E-state index in [0.717, 1.165) is 55.5 Å². The Morgan fingerprint density at radius 2 is 1.36 bits per heavy atom. The third-order valence-electron chi connectivity index (χ3n) is 5.71. The third-order valence-corrected chi connectivity index (χ3v) is 6.45. The van der Waals surface area contributed by atoms with Crippen LogP contribution in [0.2, 0.25) is 0 Å². The molecule has 0 aliphatic carbocycles. The van der Waals surface area contributed by atoms with E-state index in [0.29, 0.717) is 0 Å². The Bertz CT molecular complexity index is 935. The van der Waals surface area contributed by atoms with E-state index < -0.39 is 0 Å². The maximum atomic E-state index is 5.86. The van der Waals surface area contributed by atoms with Crippen molar-refractivity contribution in [2.45, 2.75) is 32.1 Å². The Balaban J connectivity index is 0.00000149. The SMILES string of the molecule is CC.COc1ccc(CCN2CCN(c3ccc(OSc4ccc(C)cc4)cc3)CC2)cc1. The lowest BCUT2D eigenvalue weighted by Crippen LogP contribution is -2.46. The van der Waals surface area contributed by atoms with Gasteiger partial charge in [-0.2, -0.15) is 0 Å². The lowest BCUT2D eigenvalue weighted by atomic mass is 10.1. The second-order valence-corrected chi connectivity index (χ2v) is 8.71. The summed E-state index contributed by atoms with van der Waals surface area (Å²) in [5.41, 5.74) is 3.89. The molecule has 3 aromatic rings. The number of piperazine rings is 1. The van der Waals surface area contributed by atoms with E-state index in [1.165, 1.54) is 28.9 Å². The van der Waals surface area contributed by atoms with Gasteiger partial charge in [0.2, 0.25) is 0 Å². The van der Waals surface area contributed by atoms with Crippen LogP contribution in [-0.4, -0.2) is 44.7 Å². The van der Waals surface area contributed by atoms with Crippen LogP contribution in [0.5, 0.6) is 11.5 Å². The second kappa shape index (κ2) is 13.2. The topological polar surface area (TPSA) is 24.9 Å². The molecular weight excluding hydrogens is 428 g/mol. The van der Waals surface area contributed by atoms with Crippen molar-refractivity contribution in [3.8, 4) is 11.5 Å². The van der Waals surface area contributed by atoms with Crippen LogP contribution in [0.1, 0.15) is 25.0 Å². The quantitative estimate of drug-likeness (QED) is 0.355. The zero-order valence-electron chi connectivity index (χ0n) is 20.3. The number of nitrogens with zero attached hydrogens (tertiary/aromatic N) is 2. The highest BCUT2D eigenvalue weighted by molar-refractivity contribution is 7.95. The molecule has 0 radical (unpaired) electrons. The van der Waals surface area contributed by atoms with Gasteiger partial charge >= 0.3 is 0 Å². The first kappa shape index (κ1) is 25.0. The minimum absolute atomic E-state index is 0.882. The lowest BCUT2D eigenvalue weighted by molar-refractivity contribution is 0.261. The Hall–Kier alpha value is -2.63. The summed E-state index contributed by atoms with van der Waals surface area (Å²) in [6.45, 7) is 11.5. The first-order chi connectivity index (χ1) is 16.2. The standard InChI is InChI=1S/C26H30N2O2S.C2H6/c1-21-3-13-26(14-4-21)31-30-25-11-7-23(8-12-25)28-19-17-27(18-20-28)16-15-22-5-9-24(29-2)10-6-22;1-2/h3-14H,15-20H2,1-2H3;1-2H3. The zero-order valence-corrected chi connectivity index (χ0v) is 21.1. The molecule has 1 saturated heterocycles. The molecule has 4 nitrogen and oxygen atoms in total. The van der Waals surface area contributed by atoms with E-state index in [-0.39, 0.29) is 0 Å². The van der Waals surface area contributed by atoms with Crippen molar-refractivity contribution in [2.75, 3.05) is 44.7 Å². The van der Waals surface area contributed by atoms with E-state index in [2.05, 4.69) is 77.4 Å². The van der Waals surface area contributed by atoms with Gasteiger partial charge in [0.1, 0.15) is 11.5 Å². The fourth-order valence-electron chi connectivity index (χ4n) is 3.71. The van der Waals surface area contributed by atoms with Crippen molar-refractivity contribution in [3.63, 3.8) is 0 Å². The van der Waals surface area contributed by atoms with Crippen LogP contribution in [0, 0.1) is 6.92 Å². The molecule has 0 atom stereocenters. The number of aryl methyl sites for hydroxylation is 1. The van der Waals surface area contributed by atoms with Crippen molar-refractivity contribution in [1.82, 2.24) is 4.90 Å². The van der Waals surface area contributed by atoms with Crippen LogP contribution >= 0.6 is 12.0 Å². The molecule has 1 aliphatic rings. The summed E-state index contributed by atoms with van der Waals surface area (Å²) in [5.74, 6) is 1.80. The summed E-state index contributed by atoms with van der Waals surface area (Å²) >= 11 is 1.40. The monoisotopic (exact) mass is 464 g/mol. The molecular formula is C28H36N2O2S. The second-order valence-electron chi connectivity index (χ2n) is 7.90. The molecule has 33 heavy (non-hydrogen) atoms. The van der Waals surface area contributed by atoms with Crippen molar-refractivity contribution >= 4 is 17.7 Å². The fraction of sp³-hybridized carbons (Fsp3) is 0.357. The highest BCUT2D eigenvalue weighted by Gasteiger charge is 2.17. The third kappa shape index (κ3) is 7.72. The molecule has 5 heteroatoms. The molecule has 176 valence electrons. The molecule has 0 bridgehead atoms. The Kier molecular flexibility index (Phi) is 9.98. The molecule has 0 amide bonds. The van der Waals surface area contributed by atoms with E-state index in [1.54, 1.807) is 7.11 Å². The Labute approximate surface area is 203 Å². The molecule has 0 aromatic heterocycles. The van der Waals surface area contributed by atoms with Gasteiger partial charge in [0, 0.05) is 43.3 Å². The van der Waals surface area contributed by atoms with Gasteiger partial charge in [-0.25, -0.2) is 0 Å². The largest absolute Gasteiger partial charge is 0.497 e. The van der Waals surface area contributed by atoms with Crippen LogP contribution in [0.15, 0.2) is 77.7 Å². The van der Waals surface area contributed by atoms with E-state index >= 15 is 0 Å². The van der Waals surface area contributed by atoms with Crippen molar-refractivity contribution in [3.05, 3.63) is 83.9 Å². The summed E-state index contributed by atoms with van der Waals surface area (Å²) in [4.78, 5) is 6.12. The Morgan fingerprint density at radius 3 is 1.97 bits per heavy atom. The predicted molar refractivity (Wildman–Crippen MR) is 141 cm³/mol. The first-order valence-corrected chi connectivity index (χ1v) is 12.6. The predicted octanol–water partition coefficient (Wildman–Crippen LogP) is 6.48. The van der Waals surface area contributed by atoms with Crippen molar-refractivity contribution in [2.24, 2.45) is 0 Å². The molecule has 1 aliphatic heterocycles. The highest BCUT2D eigenvalue weighted by Crippen LogP contribution is 2.26. The first-order valence-electron chi connectivity index (χ1n) is 11.8. The summed E-state index contributed by atoms with van der Waals surface area (Å²) in [6.07, 6.45) is 1.08. The summed E-state index contributed by atoms with van der Waals surface area (Å²) in [6, 6.07) is 25.2. The average Bonchev–Trinajstić information content (AvgIpc) is 2.89. The van der Waals surface area contributed by atoms with Crippen molar-refractivity contribution in [1.29, 1.82) is 0 Å². The van der Waals surface area contributed by atoms with Gasteiger partial charge < -0.3 is 13.8 Å². The van der Waals surface area contributed by atoms with Gasteiger partial charge in [0.25, 0.3) is 0 Å².